The third-order valence-electron chi connectivity index (χ3n) is 2.62. The molecule has 0 spiro atoms. The predicted octanol–water partition coefficient (Wildman–Crippen LogP) is 3.13. The van der Waals surface area contributed by atoms with E-state index in [2.05, 4.69) is 15.8 Å². The van der Waals surface area contributed by atoms with Gasteiger partial charge in [0.2, 0.25) is 0 Å². The molecule has 5 heteroatoms. The summed E-state index contributed by atoms with van der Waals surface area (Å²) in [5.74, 6) is 0. The van der Waals surface area contributed by atoms with Crippen LogP contribution in [0.4, 0.5) is 16.4 Å². The van der Waals surface area contributed by atoms with E-state index in [0.717, 1.165) is 22.1 Å². The quantitative estimate of drug-likeness (QED) is 0.919. The Kier molecular flexibility index (Phi) is 3.49. The highest BCUT2D eigenvalue weighted by molar-refractivity contribution is 7.10. The first-order valence-corrected chi connectivity index (χ1v) is 6.30. The molecular formula is C13H14N4S. The molecule has 0 fully saturated rings. The van der Waals surface area contributed by atoms with Gasteiger partial charge in [-0.1, -0.05) is 0 Å². The van der Waals surface area contributed by atoms with Crippen molar-refractivity contribution in [1.82, 2.24) is 4.37 Å². The molecule has 2 aromatic rings. The molecule has 0 radical (unpaired) electrons. The van der Waals surface area contributed by atoms with E-state index in [1.165, 1.54) is 11.5 Å². The smallest absolute Gasteiger partial charge is 0.132 e. The molecule has 0 aliphatic carbocycles. The molecule has 0 atom stereocenters. The van der Waals surface area contributed by atoms with Crippen molar-refractivity contribution in [2.24, 2.45) is 0 Å². The fraction of sp³-hybridized carbons (Fsp3) is 0.231. The Bertz CT molecular complexity index is 578. The molecule has 0 saturated carbocycles. The SMILES string of the molecule is Cc1nsc(Nc2ccc(N(C)C)cc2)c1C#N. The largest absolute Gasteiger partial charge is 0.378 e. The molecule has 1 aromatic carbocycles. The average molecular weight is 258 g/mol. The Hall–Kier alpha value is -2.06. The highest BCUT2D eigenvalue weighted by atomic mass is 32.1. The van der Waals surface area contributed by atoms with Crippen molar-refractivity contribution in [3.63, 3.8) is 0 Å². The van der Waals surface area contributed by atoms with Crippen LogP contribution in [0.2, 0.25) is 0 Å². The molecular weight excluding hydrogens is 244 g/mol. The van der Waals surface area contributed by atoms with Crippen LogP contribution in [0.1, 0.15) is 11.3 Å². The molecule has 0 unspecified atom stereocenters. The van der Waals surface area contributed by atoms with Crippen molar-refractivity contribution in [3.05, 3.63) is 35.5 Å². The van der Waals surface area contributed by atoms with Crippen LogP contribution in [-0.4, -0.2) is 18.5 Å². The van der Waals surface area contributed by atoms with E-state index in [4.69, 9.17) is 5.26 Å². The summed E-state index contributed by atoms with van der Waals surface area (Å²) in [6.07, 6.45) is 0. The van der Waals surface area contributed by atoms with Crippen molar-refractivity contribution < 1.29 is 0 Å². The topological polar surface area (TPSA) is 52.0 Å². The zero-order valence-electron chi connectivity index (χ0n) is 10.6. The Morgan fingerprint density at radius 1 is 1.28 bits per heavy atom. The number of nitrogens with one attached hydrogen (secondary N) is 1. The second-order valence-electron chi connectivity index (χ2n) is 4.15. The van der Waals surface area contributed by atoms with E-state index in [1.807, 2.05) is 50.2 Å². The van der Waals surface area contributed by atoms with E-state index < -0.39 is 0 Å². The van der Waals surface area contributed by atoms with Crippen LogP contribution in [0.3, 0.4) is 0 Å². The minimum absolute atomic E-state index is 0.622. The molecule has 0 amide bonds. The fourth-order valence-corrected chi connectivity index (χ4v) is 2.33. The average Bonchev–Trinajstić information content (AvgIpc) is 2.70. The minimum Gasteiger partial charge on any atom is -0.378 e. The van der Waals surface area contributed by atoms with Crippen LogP contribution in [0.5, 0.6) is 0 Å². The molecule has 92 valence electrons. The van der Waals surface area contributed by atoms with Gasteiger partial charge in [0.15, 0.2) is 0 Å². The molecule has 1 aromatic heterocycles. The van der Waals surface area contributed by atoms with Gasteiger partial charge in [-0.15, -0.1) is 0 Å². The van der Waals surface area contributed by atoms with Crippen LogP contribution >= 0.6 is 11.5 Å². The van der Waals surface area contributed by atoms with Crippen LogP contribution in [-0.2, 0) is 0 Å². The van der Waals surface area contributed by atoms with Gasteiger partial charge in [0.25, 0.3) is 0 Å². The van der Waals surface area contributed by atoms with Crippen molar-refractivity contribution in [2.45, 2.75) is 6.92 Å². The second-order valence-corrected chi connectivity index (χ2v) is 4.92. The molecule has 0 bridgehead atoms. The molecule has 0 aliphatic rings. The Morgan fingerprint density at radius 2 is 1.94 bits per heavy atom. The van der Waals surface area contributed by atoms with Gasteiger partial charge in [-0.2, -0.15) is 9.64 Å². The summed E-state index contributed by atoms with van der Waals surface area (Å²) < 4.78 is 4.18. The summed E-state index contributed by atoms with van der Waals surface area (Å²) in [4.78, 5) is 2.04. The maximum Gasteiger partial charge on any atom is 0.132 e. The third kappa shape index (κ3) is 2.44. The Balaban J connectivity index is 2.21. The lowest BCUT2D eigenvalue weighted by molar-refractivity contribution is 1.13. The maximum absolute atomic E-state index is 9.05. The van der Waals surface area contributed by atoms with Gasteiger partial charge in [-0.25, -0.2) is 0 Å². The maximum atomic E-state index is 9.05. The summed E-state index contributed by atoms with van der Waals surface area (Å²) in [5.41, 5.74) is 3.49. The number of hydrogen-bond acceptors (Lipinski definition) is 5. The number of anilines is 3. The lowest BCUT2D eigenvalue weighted by atomic mass is 10.2. The number of rotatable bonds is 3. The molecule has 2 rings (SSSR count). The highest BCUT2D eigenvalue weighted by Gasteiger charge is 2.09. The summed E-state index contributed by atoms with van der Waals surface area (Å²) in [6, 6.07) is 10.2. The molecule has 4 nitrogen and oxygen atoms in total. The third-order valence-corrected chi connectivity index (χ3v) is 3.47. The van der Waals surface area contributed by atoms with Gasteiger partial charge in [-0.05, 0) is 42.7 Å². The first-order chi connectivity index (χ1) is 8.61. The summed E-state index contributed by atoms with van der Waals surface area (Å²) in [5, 5.41) is 13.1. The molecule has 0 aliphatic heterocycles. The first kappa shape index (κ1) is 12.4. The first-order valence-electron chi connectivity index (χ1n) is 5.52. The Morgan fingerprint density at radius 3 is 2.50 bits per heavy atom. The normalized spacial score (nSPS) is 9.89. The second kappa shape index (κ2) is 5.07. The lowest BCUT2D eigenvalue weighted by Crippen LogP contribution is -2.08. The number of nitrogens with zero attached hydrogens (tertiary/aromatic N) is 3. The minimum atomic E-state index is 0.622. The Labute approximate surface area is 111 Å². The summed E-state index contributed by atoms with van der Waals surface area (Å²) in [6.45, 7) is 1.84. The van der Waals surface area contributed by atoms with E-state index in [1.54, 1.807) is 0 Å². The van der Waals surface area contributed by atoms with Crippen molar-refractivity contribution in [1.29, 1.82) is 5.26 Å². The van der Waals surface area contributed by atoms with Crippen molar-refractivity contribution in [2.75, 3.05) is 24.3 Å². The molecule has 1 N–H and O–H groups in total. The zero-order chi connectivity index (χ0) is 13.1. The van der Waals surface area contributed by atoms with E-state index in [0.29, 0.717) is 5.56 Å². The summed E-state index contributed by atoms with van der Waals surface area (Å²) in [7, 11) is 4.01. The van der Waals surface area contributed by atoms with E-state index in [-0.39, 0.29) is 0 Å². The standard InChI is InChI=1S/C13H14N4S/c1-9-12(8-14)13(18-16-9)15-10-4-6-11(7-5-10)17(2)3/h4-7,15H,1-3H3. The zero-order valence-corrected chi connectivity index (χ0v) is 11.4. The predicted molar refractivity (Wildman–Crippen MR) is 75.6 cm³/mol. The fourth-order valence-electron chi connectivity index (χ4n) is 1.56. The molecule has 0 saturated heterocycles. The number of aryl methyl sites for hydroxylation is 1. The highest BCUT2D eigenvalue weighted by Crippen LogP contribution is 2.27. The van der Waals surface area contributed by atoms with Gasteiger partial charge >= 0.3 is 0 Å². The van der Waals surface area contributed by atoms with Gasteiger partial charge in [0.1, 0.15) is 16.6 Å². The van der Waals surface area contributed by atoms with Crippen LogP contribution < -0.4 is 10.2 Å². The van der Waals surface area contributed by atoms with Crippen molar-refractivity contribution in [3.8, 4) is 6.07 Å². The van der Waals surface area contributed by atoms with Gasteiger partial charge in [-0.3, -0.25) is 0 Å². The number of nitriles is 1. The molecule has 1 heterocycles. The van der Waals surface area contributed by atoms with Crippen molar-refractivity contribution >= 4 is 27.9 Å². The van der Waals surface area contributed by atoms with Gasteiger partial charge in [0, 0.05) is 25.5 Å². The molecule has 18 heavy (non-hydrogen) atoms. The van der Waals surface area contributed by atoms with Crippen LogP contribution in [0.25, 0.3) is 0 Å². The summed E-state index contributed by atoms with van der Waals surface area (Å²) >= 11 is 1.31. The van der Waals surface area contributed by atoms with Crippen LogP contribution in [0.15, 0.2) is 24.3 Å². The van der Waals surface area contributed by atoms with Gasteiger partial charge < -0.3 is 10.2 Å². The van der Waals surface area contributed by atoms with Gasteiger partial charge in [0.05, 0.1) is 5.69 Å². The monoisotopic (exact) mass is 258 g/mol. The number of hydrogen-bond donors (Lipinski definition) is 1. The number of aromatic nitrogens is 1. The lowest BCUT2D eigenvalue weighted by Gasteiger charge is -2.12. The van der Waals surface area contributed by atoms with E-state index >= 15 is 0 Å². The van der Waals surface area contributed by atoms with E-state index in [9.17, 15) is 0 Å². The van der Waals surface area contributed by atoms with Crippen LogP contribution in [0, 0.1) is 18.3 Å². The number of benzene rings is 1.